The van der Waals surface area contributed by atoms with Crippen molar-refractivity contribution in [1.29, 1.82) is 0 Å². The number of benzene rings is 1. The first-order valence-electron chi connectivity index (χ1n) is 5.83. The van der Waals surface area contributed by atoms with Crippen molar-refractivity contribution in [3.05, 3.63) is 24.3 Å². The quantitative estimate of drug-likeness (QED) is 0.688. The van der Waals surface area contributed by atoms with E-state index in [9.17, 15) is 0 Å². The SMILES string of the molecule is CCCCNc1ccc(OCCC)cc1. The van der Waals surface area contributed by atoms with E-state index in [1.165, 1.54) is 18.5 Å². The van der Waals surface area contributed by atoms with Gasteiger partial charge in [-0.3, -0.25) is 0 Å². The molecule has 84 valence electrons. The standard InChI is InChI=1S/C13H21NO/c1-3-5-10-14-12-6-8-13(9-7-12)15-11-4-2/h6-9,14H,3-5,10-11H2,1-2H3. The number of unbranched alkanes of at least 4 members (excludes halogenated alkanes) is 1. The van der Waals surface area contributed by atoms with E-state index in [0.717, 1.165) is 25.3 Å². The van der Waals surface area contributed by atoms with Crippen LogP contribution >= 0.6 is 0 Å². The summed E-state index contributed by atoms with van der Waals surface area (Å²) in [4.78, 5) is 0. The molecule has 0 aliphatic heterocycles. The predicted octanol–water partition coefficient (Wildman–Crippen LogP) is 3.69. The molecule has 1 N–H and O–H groups in total. The Morgan fingerprint density at radius 2 is 1.80 bits per heavy atom. The van der Waals surface area contributed by atoms with Crippen LogP contribution in [0.15, 0.2) is 24.3 Å². The van der Waals surface area contributed by atoms with Gasteiger partial charge in [0.25, 0.3) is 0 Å². The summed E-state index contributed by atoms with van der Waals surface area (Å²) >= 11 is 0. The summed E-state index contributed by atoms with van der Waals surface area (Å²) < 4.78 is 5.51. The molecule has 2 nitrogen and oxygen atoms in total. The molecular formula is C13H21NO. The van der Waals surface area contributed by atoms with Gasteiger partial charge < -0.3 is 10.1 Å². The summed E-state index contributed by atoms with van der Waals surface area (Å²) in [5, 5.41) is 3.37. The number of hydrogen-bond donors (Lipinski definition) is 1. The highest BCUT2D eigenvalue weighted by Crippen LogP contribution is 2.15. The number of nitrogens with one attached hydrogen (secondary N) is 1. The van der Waals surface area contributed by atoms with Crippen LogP contribution in [0, 0.1) is 0 Å². The molecule has 0 bridgehead atoms. The first-order chi connectivity index (χ1) is 7.36. The van der Waals surface area contributed by atoms with Crippen LogP contribution < -0.4 is 10.1 Å². The average molecular weight is 207 g/mol. The second-order valence-electron chi connectivity index (χ2n) is 3.65. The van der Waals surface area contributed by atoms with E-state index in [0.29, 0.717) is 0 Å². The summed E-state index contributed by atoms with van der Waals surface area (Å²) in [7, 11) is 0. The molecule has 1 aromatic rings. The minimum Gasteiger partial charge on any atom is -0.494 e. The lowest BCUT2D eigenvalue weighted by atomic mass is 10.3. The fraction of sp³-hybridized carbons (Fsp3) is 0.538. The third-order valence-corrected chi connectivity index (χ3v) is 2.19. The van der Waals surface area contributed by atoms with Gasteiger partial charge in [-0.2, -0.15) is 0 Å². The fourth-order valence-corrected chi connectivity index (χ4v) is 1.30. The monoisotopic (exact) mass is 207 g/mol. The second kappa shape index (κ2) is 7.16. The Kier molecular flexibility index (Phi) is 5.67. The van der Waals surface area contributed by atoms with Crippen molar-refractivity contribution in [2.45, 2.75) is 33.1 Å². The zero-order valence-corrected chi connectivity index (χ0v) is 9.75. The number of anilines is 1. The van der Waals surface area contributed by atoms with Gasteiger partial charge in [0.15, 0.2) is 0 Å². The Morgan fingerprint density at radius 1 is 1.07 bits per heavy atom. The Bertz CT molecular complexity index is 256. The van der Waals surface area contributed by atoms with Crippen LogP contribution in [-0.4, -0.2) is 13.2 Å². The van der Waals surface area contributed by atoms with Crippen molar-refractivity contribution < 1.29 is 4.74 Å². The van der Waals surface area contributed by atoms with Crippen LogP contribution in [0.4, 0.5) is 5.69 Å². The van der Waals surface area contributed by atoms with Gasteiger partial charge in [-0.1, -0.05) is 20.3 Å². The van der Waals surface area contributed by atoms with E-state index in [2.05, 4.69) is 31.3 Å². The highest BCUT2D eigenvalue weighted by Gasteiger charge is 1.94. The summed E-state index contributed by atoms with van der Waals surface area (Å²) in [6.07, 6.45) is 3.50. The van der Waals surface area contributed by atoms with Gasteiger partial charge in [0.05, 0.1) is 6.61 Å². The molecule has 0 saturated carbocycles. The van der Waals surface area contributed by atoms with E-state index in [-0.39, 0.29) is 0 Å². The molecule has 2 heteroatoms. The molecule has 0 heterocycles. The zero-order chi connectivity index (χ0) is 10.9. The molecule has 0 radical (unpaired) electrons. The number of rotatable bonds is 7. The average Bonchev–Trinajstić information content (AvgIpc) is 2.28. The van der Waals surface area contributed by atoms with Gasteiger partial charge in [-0.15, -0.1) is 0 Å². The first-order valence-corrected chi connectivity index (χ1v) is 5.83. The highest BCUT2D eigenvalue weighted by atomic mass is 16.5. The van der Waals surface area contributed by atoms with Gasteiger partial charge in [-0.25, -0.2) is 0 Å². The van der Waals surface area contributed by atoms with E-state index >= 15 is 0 Å². The molecule has 0 fully saturated rings. The predicted molar refractivity (Wildman–Crippen MR) is 65.6 cm³/mol. The smallest absolute Gasteiger partial charge is 0.119 e. The summed E-state index contributed by atoms with van der Waals surface area (Å²) in [5.41, 5.74) is 1.17. The molecule has 0 saturated heterocycles. The Morgan fingerprint density at radius 3 is 2.40 bits per heavy atom. The van der Waals surface area contributed by atoms with E-state index in [1.807, 2.05) is 12.1 Å². The number of ether oxygens (including phenoxy) is 1. The van der Waals surface area contributed by atoms with Crippen molar-refractivity contribution in [1.82, 2.24) is 0 Å². The van der Waals surface area contributed by atoms with Gasteiger partial charge in [0.2, 0.25) is 0 Å². The van der Waals surface area contributed by atoms with Crippen LogP contribution in [0.1, 0.15) is 33.1 Å². The zero-order valence-electron chi connectivity index (χ0n) is 9.75. The summed E-state index contributed by atoms with van der Waals surface area (Å²) in [5.74, 6) is 0.956. The van der Waals surface area contributed by atoms with E-state index < -0.39 is 0 Å². The van der Waals surface area contributed by atoms with E-state index in [4.69, 9.17) is 4.74 Å². The highest BCUT2D eigenvalue weighted by molar-refractivity contribution is 5.46. The third-order valence-electron chi connectivity index (χ3n) is 2.19. The van der Waals surface area contributed by atoms with Gasteiger partial charge in [-0.05, 0) is 37.1 Å². The second-order valence-corrected chi connectivity index (χ2v) is 3.65. The fourth-order valence-electron chi connectivity index (χ4n) is 1.30. The molecule has 0 aliphatic carbocycles. The van der Waals surface area contributed by atoms with Crippen molar-refractivity contribution >= 4 is 5.69 Å². The molecule has 0 aliphatic rings. The number of hydrogen-bond acceptors (Lipinski definition) is 2. The van der Waals surface area contributed by atoms with Crippen LogP contribution in [0.2, 0.25) is 0 Å². The van der Waals surface area contributed by atoms with Crippen molar-refractivity contribution in [2.75, 3.05) is 18.5 Å². The van der Waals surface area contributed by atoms with E-state index in [1.54, 1.807) is 0 Å². The third kappa shape index (κ3) is 4.73. The van der Waals surface area contributed by atoms with Crippen LogP contribution in [0.5, 0.6) is 5.75 Å². The molecule has 0 amide bonds. The Hall–Kier alpha value is -1.18. The lowest BCUT2D eigenvalue weighted by molar-refractivity contribution is 0.317. The van der Waals surface area contributed by atoms with Crippen LogP contribution in [0.3, 0.4) is 0 Å². The molecule has 0 spiro atoms. The van der Waals surface area contributed by atoms with Crippen molar-refractivity contribution in [3.63, 3.8) is 0 Å². The van der Waals surface area contributed by atoms with Crippen LogP contribution in [-0.2, 0) is 0 Å². The Labute approximate surface area is 92.6 Å². The molecule has 15 heavy (non-hydrogen) atoms. The van der Waals surface area contributed by atoms with Gasteiger partial charge in [0.1, 0.15) is 5.75 Å². The summed E-state index contributed by atoms with van der Waals surface area (Å²) in [6, 6.07) is 8.18. The molecule has 1 aromatic carbocycles. The molecule has 0 atom stereocenters. The van der Waals surface area contributed by atoms with Crippen molar-refractivity contribution in [3.8, 4) is 5.75 Å². The maximum atomic E-state index is 5.51. The first kappa shape index (κ1) is 11.9. The molecule has 1 rings (SSSR count). The normalized spacial score (nSPS) is 10.0. The maximum absolute atomic E-state index is 5.51. The maximum Gasteiger partial charge on any atom is 0.119 e. The molecule has 0 aromatic heterocycles. The van der Waals surface area contributed by atoms with Gasteiger partial charge >= 0.3 is 0 Å². The largest absolute Gasteiger partial charge is 0.494 e. The minimum absolute atomic E-state index is 0.794. The topological polar surface area (TPSA) is 21.3 Å². The lowest BCUT2D eigenvalue weighted by Crippen LogP contribution is -2.00. The summed E-state index contributed by atoms with van der Waals surface area (Å²) in [6.45, 7) is 6.15. The minimum atomic E-state index is 0.794. The Balaban J connectivity index is 2.35. The van der Waals surface area contributed by atoms with Crippen LogP contribution in [0.25, 0.3) is 0 Å². The lowest BCUT2D eigenvalue weighted by Gasteiger charge is -2.07. The molecule has 0 unspecified atom stereocenters. The van der Waals surface area contributed by atoms with Gasteiger partial charge in [0, 0.05) is 12.2 Å². The molecular weight excluding hydrogens is 186 g/mol. The van der Waals surface area contributed by atoms with Crippen molar-refractivity contribution in [2.24, 2.45) is 0 Å².